The van der Waals surface area contributed by atoms with Gasteiger partial charge in [0.1, 0.15) is 0 Å². The summed E-state index contributed by atoms with van der Waals surface area (Å²) in [5.74, 6) is 0.440. The predicted molar refractivity (Wildman–Crippen MR) is 91.4 cm³/mol. The number of hydrogen-bond donors (Lipinski definition) is 1. The molecule has 0 spiro atoms. The first kappa shape index (κ1) is 16.2. The highest BCUT2D eigenvalue weighted by Crippen LogP contribution is 2.25. The Kier molecular flexibility index (Phi) is 4.91. The van der Waals surface area contributed by atoms with Gasteiger partial charge in [-0.3, -0.25) is 4.79 Å². The van der Waals surface area contributed by atoms with Crippen molar-refractivity contribution in [3.05, 3.63) is 77.0 Å². The smallest absolute Gasteiger partial charge is 0.248 e. The molecule has 1 aromatic heterocycles. The summed E-state index contributed by atoms with van der Waals surface area (Å²) in [4.78, 5) is 15.7. The van der Waals surface area contributed by atoms with E-state index >= 15 is 0 Å². The number of aromatic nitrogens is 2. The Morgan fingerprint density at radius 3 is 2.71 bits per heavy atom. The zero-order chi connectivity index (χ0) is 16.9. The van der Waals surface area contributed by atoms with Crippen LogP contribution in [-0.4, -0.2) is 16.0 Å². The Morgan fingerprint density at radius 1 is 1.17 bits per heavy atom. The maximum atomic E-state index is 11.4. The Balaban J connectivity index is 1.65. The molecule has 1 radical (unpaired) electrons. The molecule has 24 heavy (non-hydrogen) atoms. The third-order valence-corrected chi connectivity index (χ3v) is 3.90. The summed E-state index contributed by atoms with van der Waals surface area (Å²) >= 11 is 6.12. The summed E-state index contributed by atoms with van der Waals surface area (Å²) in [5.41, 5.74) is 7.53. The Labute approximate surface area is 144 Å². The molecule has 0 aliphatic heterocycles. The number of aryl methyl sites for hydroxylation is 1. The van der Waals surface area contributed by atoms with Crippen LogP contribution in [0.4, 0.5) is 0 Å². The molecule has 2 aromatic carbocycles. The van der Waals surface area contributed by atoms with E-state index in [1.807, 2.05) is 36.8 Å². The van der Waals surface area contributed by atoms with Gasteiger partial charge in [-0.1, -0.05) is 47.1 Å². The summed E-state index contributed by atoms with van der Waals surface area (Å²) in [5, 5.41) is 4.51. The second-order valence-corrected chi connectivity index (χ2v) is 5.61. The molecule has 0 saturated carbocycles. The SMILES string of the molecule is NC(=O)c1ccccc1CC[CH]c1nc(-c2ccccc2Cl)no1. The van der Waals surface area contributed by atoms with E-state index in [-0.39, 0.29) is 0 Å². The van der Waals surface area contributed by atoms with Crippen LogP contribution >= 0.6 is 11.6 Å². The molecule has 5 nitrogen and oxygen atoms in total. The lowest BCUT2D eigenvalue weighted by Crippen LogP contribution is -2.13. The van der Waals surface area contributed by atoms with E-state index < -0.39 is 5.91 Å². The van der Waals surface area contributed by atoms with E-state index in [1.54, 1.807) is 18.2 Å². The molecule has 0 aliphatic carbocycles. The third kappa shape index (κ3) is 3.63. The first-order valence-corrected chi connectivity index (χ1v) is 7.82. The third-order valence-electron chi connectivity index (χ3n) is 3.57. The number of carbonyl (C=O) groups excluding carboxylic acids is 1. The average molecular weight is 341 g/mol. The molecule has 0 atom stereocenters. The van der Waals surface area contributed by atoms with Crippen LogP contribution in [-0.2, 0) is 6.42 Å². The summed E-state index contributed by atoms with van der Waals surface area (Å²) in [7, 11) is 0. The van der Waals surface area contributed by atoms with E-state index in [9.17, 15) is 4.79 Å². The van der Waals surface area contributed by atoms with Gasteiger partial charge in [0, 0.05) is 11.1 Å². The Morgan fingerprint density at radius 2 is 1.92 bits per heavy atom. The number of benzene rings is 2. The number of amides is 1. The molecule has 0 unspecified atom stereocenters. The van der Waals surface area contributed by atoms with E-state index in [0.29, 0.717) is 35.1 Å². The maximum absolute atomic E-state index is 11.4. The molecule has 1 heterocycles. The lowest BCUT2D eigenvalue weighted by atomic mass is 10.0. The fraction of sp³-hybridized carbons (Fsp3) is 0.111. The van der Waals surface area contributed by atoms with Crippen LogP contribution in [0.2, 0.25) is 5.02 Å². The Hall–Kier alpha value is -2.66. The number of nitrogens with two attached hydrogens (primary N) is 1. The minimum atomic E-state index is -0.426. The van der Waals surface area contributed by atoms with Gasteiger partial charge in [-0.25, -0.2) is 0 Å². The molecule has 0 saturated heterocycles. The first-order chi connectivity index (χ1) is 11.6. The van der Waals surface area contributed by atoms with Crippen molar-refractivity contribution in [2.24, 2.45) is 5.73 Å². The number of hydrogen-bond acceptors (Lipinski definition) is 4. The largest absolute Gasteiger partial charge is 0.366 e. The molecule has 3 rings (SSSR count). The van der Waals surface area contributed by atoms with Gasteiger partial charge in [-0.05, 0) is 36.6 Å². The monoisotopic (exact) mass is 340 g/mol. The Bertz CT molecular complexity index is 861. The van der Waals surface area contributed by atoms with Crippen LogP contribution in [0.15, 0.2) is 53.1 Å². The van der Waals surface area contributed by atoms with Gasteiger partial charge in [0.05, 0.1) is 11.4 Å². The molecule has 3 aromatic rings. The highest BCUT2D eigenvalue weighted by molar-refractivity contribution is 6.33. The van der Waals surface area contributed by atoms with Crippen LogP contribution < -0.4 is 5.73 Å². The van der Waals surface area contributed by atoms with Gasteiger partial charge >= 0.3 is 0 Å². The highest BCUT2D eigenvalue weighted by atomic mass is 35.5. The van der Waals surface area contributed by atoms with Gasteiger partial charge in [0.2, 0.25) is 17.6 Å². The molecule has 0 bridgehead atoms. The quantitative estimate of drug-likeness (QED) is 0.742. The predicted octanol–water partition coefficient (Wildman–Crippen LogP) is 3.67. The van der Waals surface area contributed by atoms with Crippen LogP contribution in [0.5, 0.6) is 0 Å². The summed E-state index contributed by atoms with van der Waals surface area (Å²) in [6.07, 6.45) is 3.13. The molecule has 121 valence electrons. The van der Waals surface area contributed by atoms with E-state index in [0.717, 1.165) is 11.1 Å². The minimum absolute atomic E-state index is 0.418. The van der Waals surface area contributed by atoms with E-state index in [4.69, 9.17) is 21.9 Å². The van der Waals surface area contributed by atoms with Gasteiger partial charge in [0.25, 0.3) is 0 Å². The number of carbonyl (C=O) groups is 1. The van der Waals surface area contributed by atoms with Crippen molar-refractivity contribution in [2.45, 2.75) is 12.8 Å². The molecule has 1 amide bonds. The van der Waals surface area contributed by atoms with Crippen LogP contribution in [0.3, 0.4) is 0 Å². The maximum Gasteiger partial charge on any atom is 0.248 e. The van der Waals surface area contributed by atoms with Gasteiger partial charge in [0.15, 0.2) is 0 Å². The summed E-state index contributed by atoms with van der Waals surface area (Å²) < 4.78 is 5.22. The van der Waals surface area contributed by atoms with Gasteiger partial charge in [-0.15, -0.1) is 0 Å². The number of rotatable bonds is 6. The number of primary amides is 1. The van der Waals surface area contributed by atoms with Crippen molar-refractivity contribution in [3.8, 4) is 11.4 Å². The van der Waals surface area contributed by atoms with Crippen molar-refractivity contribution in [1.82, 2.24) is 10.1 Å². The van der Waals surface area contributed by atoms with Crippen molar-refractivity contribution < 1.29 is 9.32 Å². The lowest BCUT2D eigenvalue weighted by Gasteiger charge is -2.04. The standard InChI is InChI=1S/C18H15ClN3O2/c19-15-10-4-3-9-14(15)18-21-16(24-22-18)11-5-7-12-6-1-2-8-13(12)17(20)23/h1-4,6,8-11H,5,7H2,(H2,20,23). The molecule has 0 fully saturated rings. The van der Waals surface area contributed by atoms with Crippen molar-refractivity contribution in [1.29, 1.82) is 0 Å². The molecule has 2 N–H and O–H groups in total. The van der Waals surface area contributed by atoms with Crippen LogP contribution in [0.1, 0.15) is 28.2 Å². The number of halogens is 1. The van der Waals surface area contributed by atoms with Crippen LogP contribution in [0, 0.1) is 6.42 Å². The topological polar surface area (TPSA) is 82.0 Å². The molecule has 6 heteroatoms. The van der Waals surface area contributed by atoms with E-state index in [1.165, 1.54) is 0 Å². The summed E-state index contributed by atoms with van der Waals surface area (Å²) in [6, 6.07) is 14.6. The zero-order valence-corrected chi connectivity index (χ0v) is 13.5. The van der Waals surface area contributed by atoms with Crippen molar-refractivity contribution in [2.75, 3.05) is 0 Å². The van der Waals surface area contributed by atoms with Gasteiger partial charge < -0.3 is 10.3 Å². The molecular weight excluding hydrogens is 326 g/mol. The second-order valence-electron chi connectivity index (χ2n) is 5.20. The normalized spacial score (nSPS) is 10.7. The fourth-order valence-corrected chi connectivity index (χ4v) is 2.62. The van der Waals surface area contributed by atoms with Gasteiger partial charge in [-0.2, -0.15) is 4.98 Å². The minimum Gasteiger partial charge on any atom is -0.366 e. The van der Waals surface area contributed by atoms with E-state index in [2.05, 4.69) is 10.1 Å². The fourth-order valence-electron chi connectivity index (χ4n) is 2.40. The number of nitrogens with zero attached hydrogens (tertiary/aromatic N) is 2. The zero-order valence-electron chi connectivity index (χ0n) is 12.8. The highest BCUT2D eigenvalue weighted by Gasteiger charge is 2.12. The summed E-state index contributed by atoms with van der Waals surface area (Å²) in [6.45, 7) is 0. The van der Waals surface area contributed by atoms with Crippen LogP contribution in [0.25, 0.3) is 11.4 Å². The molecular formula is C18H15ClN3O2. The lowest BCUT2D eigenvalue weighted by molar-refractivity contribution is 0.0999. The average Bonchev–Trinajstić information content (AvgIpc) is 3.04. The first-order valence-electron chi connectivity index (χ1n) is 7.44. The molecule has 0 aliphatic rings. The second kappa shape index (κ2) is 7.27. The van der Waals surface area contributed by atoms with Crippen molar-refractivity contribution in [3.63, 3.8) is 0 Å². The van der Waals surface area contributed by atoms with Crippen molar-refractivity contribution >= 4 is 17.5 Å².